The molecular formula is C14H15N3O4. The van der Waals surface area contributed by atoms with Gasteiger partial charge in [0.25, 0.3) is 5.91 Å². The van der Waals surface area contributed by atoms with E-state index in [1.165, 1.54) is 19.9 Å². The highest BCUT2D eigenvalue weighted by Crippen LogP contribution is 2.19. The number of pyridine rings is 1. The summed E-state index contributed by atoms with van der Waals surface area (Å²) in [6.45, 7) is 3.05. The van der Waals surface area contributed by atoms with Crippen molar-refractivity contribution in [1.29, 1.82) is 0 Å². The molecule has 0 saturated carbocycles. The fourth-order valence-corrected chi connectivity index (χ4v) is 1.49. The number of carbonyl (C=O) groups is 2. The van der Waals surface area contributed by atoms with Gasteiger partial charge in [0.1, 0.15) is 0 Å². The van der Waals surface area contributed by atoms with E-state index in [0.29, 0.717) is 11.3 Å². The standard InChI is InChI=1S/C14H15N3O4/c1-14(2,13(19)20)8-16-12(18)10-6-11(21-17-10)9-4-3-5-15-7-9/h3-7H,8H2,1-2H3,(H,16,18)(H,19,20). The van der Waals surface area contributed by atoms with Crippen LogP contribution in [0, 0.1) is 5.41 Å². The van der Waals surface area contributed by atoms with Crippen LogP contribution in [0.15, 0.2) is 35.1 Å². The zero-order valence-corrected chi connectivity index (χ0v) is 11.7. The van der Waals surface area contributed by atoms with Crippen LogP contribution in [0.25, 0.3) is 11.3 Å². The molecule has 7 heteroatoms. The molecule has 2 heterocycles. The second kappa shape index (κ2) is 5.74. The Bertz CT molecular complexity index is 649. The number of amides is 1. The minimum atomic E-state index is -1.05. The molecule has 0 radical (unpaired) electrons. The molecule has 0 bridgehead atoms. The number of hydrogen-bond donors (Lipinski definition) is 2. The third kappa shape index (κ3) is 3.44. The van der Waals surface area contributed by atoms with E-state index in [1.807, 2.05) is 0 Å². The molecule has 2 N–H and O–H groups in total. The monoisotopic (exact) mass is 289 g/mol. The summed E-state index contributed by atoms with van der Waals surface area (Å²) in [6, 6.07) is 5.01. The molecule has 0 aliphatic rings. The van der Waals surface area contributed by atoms with Gasteiger partial charge in [0.05, 0.1) is 5.41 Å². The van der Waals surface area contributed by atoms with E-state index in [9.17, 15) is 9.59 Å². The highest BCUT2D eigenvalue weighted by molar-refractivity contribution is 5.93. The van der Waals surface area contributed by atoms with Gasteiger partial charge in [0, 0.05) is 30.6 Å². The van der Waals surface area contributed by atoms with Gasteiger partial charge in [-0.2, -0.15) is 0 Å². The second-order valence-corrected chi connectivity index (χ2v) is 5.19. The summed E-state index contributed by atoms with van der Waals surface area (Å²) in [5, 5.41) is 15.2. The van der Waals surface area contributed by atoms with Crippen LogP contribution in [0.1, 0.15) is 24.3 Å². The summed E-state index contributed by atoms with van der Waals surface area (Å²) >= 11 is 0. The van der Waals surface area contributed by atoms with Crippen LogP contribution in [0.4, 0.5) is 0 Å². The SMILES string of the molecule is CC(C)(CNC(=O)c1cc(-c2cccnc2)on1)C(=O)O. The Balaban J connectivity index is 2.05. The Hall–Kier alpha value is -2.70. The van der Waals surface area contributed by atoms with Crippen LogP contribution in [0.2, 0.25) is 0 Å². The maximum Gasteiger partial charge on any atom is 0.310 e. The van der Waals surface area contributed by atoms with Crippen LogP contribution in [-0.2, 0) is 4.79 Å². The van der Waals surface area contributed by atoms with Crippen molar-refractivity contribution in [3.63, 3.8) is 0 Å². The van der Waals surface area contributed by atoms with Crippen molar-refractivity contribution in [2.45, 2.75) is 13.8 Å². The van der Waals surface area contributed by atoms with Gasteiger partial charge in [-0.3, -0.25) is 14.6 Å². The topological polar surface area (TPSA) is 105 Å². The van der Waals surface area contributed by atoms with Crippen LogP contribution >= 0.6 is 0 Å². The quantitative estimate of drug-likeness (QED) is 0.865. The van der Waals surface area contributed by atoms with Crippen molar-refractivity contribution in [3.8, 4) is 11.3 Å². The van der Waals surface area contributed by atoms with Gasteiger partial charge < -0.3 is 14.9 Å². The maximum atomic E-state index is 11.9. The van der Waals surface area contributed by atoms with E-state index in [4.69, 9.17) is 9.63 Å². The van der Waals surface area contributed by atoms with Gasteiger partial charge in [-0.05, 0) is 26.0 Å². The number of rotatable bonds is 5. The number of carboxylic acid groups (broad SMARTS) is 1. The Labute approximate surface area is 121 Å². The fourth-order valence-electron chi connectivity index (χ4n) is 1.49. The highest BCUT2D eigenvalue weighted by Gasteiger charge is 2.28. The Morgan fingerprint density at radius 3 is 2.81 bits per heavy atom. The summed E-state index contributed by atoms with van der Waals surface area (Å²) in [5.74, 6) is -1.05. The third-order valence-electron chi connectivity index (χ3n) is 2.96. The molecule has 7 nitrogen and oxygen atoms in total. The number of carbonyl (C=O) groups excluding carboxylic acids is 1. The van der Waals surface area contributed by atoms with Gasteiger partial charge >= 0.3 is 5.97 Å². The van der Waals surface area contributed by atoms with Crippen LogP contribution in [0.3, 0.4) is 0 Å². The summed E-state index contributed by atoms with van der Waals surface area (Å²) in [7, 11) is 0. The normalized spacial score (nSPS) is 11.1. The zero-order chi connectivity index (χ0) is 15.5. The molecule has 0 atom stereocenters. The third-order valence-corrected chi connectivity index (χ3v) is 2.96. The molecule has 2 aromatic heterocycles. The van der Waals surface area contributed by atoms with Crippen LogP contribution in [0.5, 0.6) is 0 Å². The van der Waals surface area contributed by atoms with Gasteiger partial charge in [0.15, 0.2) is 11.5 Å². The van der Waals surface area contributed by atoms with Crippen molar-refractivity contribution < 1.29 is 19.2 Å². The lowest BCUT2D eigenvalue weighted by Crippen LogP contribution is -2.39. The van der Waals surface area contributed by atoms with E-state index in [1.54, 1.807) is 24.5 Å². The van der Waals surface area contributed by atoms with Crippen molar-refractivity contribution in [2.24, 2.45) is 5.41 Å². The zero-order valence-electron chi connectivity index (χ0n) is 11.7. The first-order valence-electron chi connectivity index (χ1n) is 6.29. The second-order valence-electron chi connectivity index (χ2n) is 5.19. The lowest BCUT2D eigenvalue weighted by atomic mass is 9.94. The Kier molecular flexibility index (Phi) is 4.02. The molecule has 0 unspecified atom stereocenters. The number of nitrogens with zero attached hydrogens (tertiary/aromatic N) is 2. The number of aliphatic carboxylic acids is 1. The molecule has 0 saturated heterocycles. The average molecular weight is 289 g/mol. The van der Waals surface area contributed by atoms with Crippen LogP contribution in [-0.4, -0.2) is 33.7 Å². The van der Waals surface area contributed by atoms with E-state index in [-0.39, 0.29) is 12.2 Å². The molecule has 0 aliphatic heterocycles. The maximum absolute atomic E-state index is 11.9. The first-order valence-corrected chi connectivity index (χ1v) is 6.29. The molecule has 2 rings (SSSR count). The predicted octanol–water partition coefficient (Wildman–Crippen LogP) is 1.58. The van der Waals surface area contributed by atoms with Crippen LogP contribution < -0.4 is 5.32 Å². The Morgan fingerprint density at radius 1 is 1.43 bits per heavy atom. The molecule has 110 valence electrons. The lowest BCUT2D eigenvalue weighted by Gasteiger charge is -2.18. The van der Waals surface area contributed by atoms with E-state index < -0.39 is 17.3 Å². The number of hydrogen-bond acceptors (Lipinski definition) is 5. The van der Waals surface area contributed by atoms with Crippen molar-refractivity contribution in [2.75, 3.05) is 6.54 Å². The number of carboxylic acids is 1. The fraction of sp³-hybridized carbons (Fsp3) is 0.286. The highest BCUT2D eigenvalue weighted by atomic mass is 16.5. The summed E-state index contributed by atoms with van der Waals surface area (Å²) < 4.78 is 5.08. The summed E-state index contributed by atoms with van der Waals surface area (Å²) in [6.07, 6.45) is 3.22. The smallest absolute Gasteiger partial charge is 0.310 e. The molecule has 0 aliphatic carbocycles. The minimum Gasteiger partial charge on any atom is -0.481 e. The molecule has 0 aromatic carbocycles. The first kappa shape index (κ1) is 14.7. The van der Waals surface area contributed by atoms with Gasteiger partial charge in [-0.25, -0.2) is 0 Å². The summed E-state index contributed by atoms with van der Waals surface area (Å²) in [5.41, 5.74) is -0.254. The lowest BCUT2D eigenvalue weighted by molar-refractivity contribution is -0.146. The van der Waals surface area contributed by atoms with E-state index in [0.717, 1.165) is 0 Å². The van der Waals surface area contributed by atoms with Gasteiger partial charge in [0.2, 0.25) is 0 Å². The molecule has 0 fully saturated rings. The van der Waals surface area contributed by atoms with Gasteiger partial charge in [-0.15, -0.1) is 0 Å². The molecule has 21 heavy (non-hydrogen) atoms. The average Bonchev–Trinajstić information content (AvgIpc) is 2.95. The Morgan fingerprint density at radius 2 is 2.19 bits per heavy atom. The van der Waals surface area contributed by atoms with Gasteiger partial charge in [-0.1, -0.05) is 5.16 Å². The van der Waals surface area contributed by atoms with Crippen molar-refractivity contribution in [1.82, 2.24) is 15.5 Å². The number of aromatic nitrogens is 2. The molecule has 1 amide bonds. The van der Waals surface area contributed by atoms with E-state index >= 15 is 0 Å². The first-order chi connectivity index (χ1) is 9.90. The molecule has 0 spiro atoms. The molecule has 2 aromatic rings. The minimum absolute atomic E-state index is 0.00372. The van der Waals surface area contributed by atoms with Crippen molar-refractivity contribution >= 4 is 11.9 Å². The largest absolute Gasteiger partial charge is 0.481 e. The van der Waals surface area contributed by atoms with Crippen molar-refractivity contribution in [3.05, 3.63) is 36.3 Å². The predicted molar refractivity (Wildman–Crippen MR) is 73.5 cm³/mol. The summed E-state index contributed by atoms with van der Waals surface area (Å²) in [4.78, 5) is 26.8. The van der Waals surface area contributed by atoms with E-state index in [2.05, 4.69) is 15.5 Å². The number of nitrogens with one attached hydrogen (secondary N) is 1. The molecular weight excluding hydrogens is 274 g/mol.